The zero-order valence-corrected chi connectivity index (χ0v) is 16.1. The number of aromatic nitrogens is 1. The first-order valence-electron chi connectivity index (χ1n) is 10.1. The van der Waals surface area contributed by atoms with Gasteiger partial charge in [-0.25, -0.2) is 0 Å². The number of benzene rings is 2. The van der Waals surface area contributed by atoms with E-state index in [1.807, 2.05) is 30.6 Å². The van der Waals surface area contributed by atoms with Crippen molar-refractivity contribution >= 4 is 17.1 Å². The van der Waals surface area contributed by atoms with Crippen LogP contribution in [0.2, 0.25) is 0 Å². The lowest BCUT2D eigenvalue weighted by Gasteiger charge is -2.28. The van der Waals surface area contributed by atoms with E-state index in [4.69, 9.17) is 0 Å². The lowest BCUT2D eigenvalue weighted by molar-refractivity contribution is 0.112. The van der Waals surface area contributed by atoms with Gasteiger partial charge in [-0.1, -0.05) is 36.8 Å². The van der Waals surface area contributed by atoms with Crippen molar-refractivity contribution in [1.29, 1.82) is 0 Å². The van der Waals surface area contributed by atoms with Gasteiger partial charge in [0.1, 0.15) is 5.75 Å². The van der Waals surface area contributed by atoms with Gasteiger partial charge in [0, 0.05) is 18.9 Å². The molecule has 0 spiro atoms. The molecule has 1 aliphatic heterocycles. The van der Waals surface area contributed by atoms with Crippen LogP contribution in [0, 0.1) is 0 Å². The number of phenolic OH excluding ortho intramolecular Hbond substituents is 1. The van der Waals surface area contributed by atoms with Crippen LogP contribution >= 0.6 is 0 Å². The molecule has 1 atom stereocenters. The quantitative estimate of drug-likeness (QED) is 0.659. The molecule has 28 heavy (non-hydrogen) atoms. The topological polar surface area (TPSA) is 53.4 Å². The van der Waals surface area contributed by atoms with Gasteiger partial charge < -0.3 is 5.11 Å². The third-order valence-electron chi connectivity index (χ3n) is 5.85. The van der Waals surface area contributed by atoms with E-state index in [0.29, 0.717) is 11.5 Å². The molecule has 4 rings (SSSR count). The lowest BCUT2D eigenvalue weighted by atomic mass is 9.87. The second-order valence-corrected chi connectivity index (χ2v) is 7.72. The van der Waals surface area contributed by atoms with Crippen molar-refractivity contribution in [2.75, 3.05) is 13.1 Å². The molecule has 4 nitrogen and oxygen atoms in total. The monoisotopic (exact) mass is 374 g/mol. The van der Waals surface area contributed by atoms with Crippen LogP contribution in [0.3, 0.4) is 0 Å². The first-order valence-corrected chi connectivity index (χ1v) is 10.1. The summed E-state index contributed by atoms with van der Waals surface area (Å²) < 4.78 is 0. The number of pyridine rings is 1. The average Bonchev–Trinajstić information content (AvgIpc) is 2.71. The summed E-state index contributed by atoms with van der Waals surface area (Å²) in [7, 11) is 0. The van der Waals surface area contributed by atoms with Crippen LogP contribution in [-0.4, -0.2) is 34.4 Å². The van der Waals surface area contributed by atoms with E-state index in [1.165, 1.54) is 30.4 Å². The molecule has 1 aliphatic rings. The van der Waals surface area contributed by atoms with Gasteiger partial charge in [-0.05, 0) is 72.3 Å². The van der Waals surface area contributed by atoms with Crippen LogP contribution in [0.15, 0.2) is 54.9 Å². The van der Waals surface area contributed by atoms with Crippen molar-refractivity contribution in [3.05, 3.63) is 71.5 Å². The Morgan fingerprint density at radius 1 is 1.11 bits per heavy atom. The summed E-state index contributed by atoms with van der Waals surface area (Å²) in [6.07, 6.45) is 9.29. The van der Waals surface area contributed by atoms with Gasteiger partial charge in [0.15, 0.2) is 6.29 Å². The second kappa shape index (κ2) is 8.53. The second-order valence-electron chi connectivity index (χ2n) is 7.72. The number of nitrogens with zero attached hydrogens (tertiary/aromatic N) is 2. The summed E-state index contributed by atoms with van der Waals surface area (Å²) >= 11 is 0. The van der Waals surface area contributed by atoms with Gasteiger partial charge in [-0.2, -0.15) is 0 Å². The Balaban J connectivity index is 1.52. The maximum atomic E-state index is 11.3. The van der Waals surface area contributed by atoms with E-state index < -0.39 is 0 Å². The Morgan fingerprint density at radius 2 is 2.04 bits per heavy atom. The number of carbonyl (C=O) groups excluding carboxylic acids is 1. The summed E-state index contributed by atoms with van der Waals surface area (Å²) in [5.41, 5.74) is 2.98. The number of fused-ring (bicyclic) bond motifs is 1. The van der Waals surface area contributed by atoms with E-state index in [0.717, 1.165) is 43.1 Å². The molecule has 1 aromatic heterocycles. The molecule has 0 saturated carbocycles. The van der Waals surface area contributed by atoms with Crippen molar-refractivity contribution < 1.29 is 9.90 Å². The molecule has 0 bridgehead atoms. The fraction of sp³-hybridized carbons (Fsp3) is 0.333. The lowest BCUT2D eigenvalue weighted by Crippen LogP contribution is -2.28. The van der Waals surface area contributed by atoms with E-state index in [1.54, 1.807) is 6.07 Å². The van der Waals surface area contributed by atoms with Crippen LogP contribution in [0.1, 0.15) is 53.1 Å². The number of phenols is 1. The highest BCUT2D eigenvalue weighted by atomic mass is 16.3. The van der Waals surface area contributed by atoms with E-state index in [2.05, 4.69) is 28.1 Å². The molecule has 0 amide bonds. The molecule has 0 aliphatic carbocycles. The normalized spacial score (nSPS) is 18.5. The Hall–Kier alpha value is -2.72. The van der Waals surface area contributed by atoms with Gasteiger partial charge in [-0.15, -0.1) is 0 Å². The minimum absolute atomic E-state index is 0.0484. The van der Waals surface area contributed by atoms with Crippen LogP contribution in [0.5, 0.6) is 5.75 Å². The van der Waals surface area contributed by atoms with Crippen molar-refractivity contribution in [2.45, 2.75) is 38.1 Å². The molecular weight excluding hydrogens is 348 g/mol. The van der Waals surface area contributed by atoms with E-state index in [9.17, 15) is 9.90 Å². The predicted octanol–water partition coefficient (Wildman–Crippen LogP) is 4.91. The number of carbonyl (C=O) groups is 1. The Labute approximate surface area is 165 Å². The summed E-state index contributed by atoms with van der Waals surface area (Å²) in [6, 6.07) is 14.0. The number of rotatable bonds is 4. The highest BCUT2D eigenvalue weighted by Crippen LogP contribution is 2.33. The average molecular weight is 374 g/mol. The number of aldehydes is 1. The summed E-state index contributed by atoms with van der Waals surface area (Å²) in [5.74, 6) is 0.571. The van der Waals surface area contributed by atoms with Crippen LogP contribution in [0.4, 0.5) is 0 Å². The fourth-order valence-electron chi connectivity index (χ4n) is 4.30. The Bertz CT molecular complexity index is 955. The minimum Gasteiger partial charge on any atom is -0.507 e. The molecule has 0 radical (unpaired) electrons. The predicted molar refractivity (Wildman–Crippen MR) is 112 cm³/mol. The van der Waals surface area contributed by atoms with Crippen LogP contribution in [-0.2, 0) is 6.54 Å². The number of likely N-dealkylation sites (tertiary alicyclic amines) is 1. The first kappa shape index (κ1) is 18.6. The third-order valence-corrected chi connectivity index (χ3v) is 5.85. The molecular formula is C24H26N2O2. The molecule has 2 heterocycles. The summed E-state index contributed by atoms with van der Waals surface area (Å²) in [6.45, 7) is 3.17. The van der Waals surface area contributed by atoms with Gasteiger partial charge in [0.05, 0.1) is 5.56 Å². The van der Waals surface area contributed by atoms with Crippen molar-refractivity contribution in [1.82, 2.24) is 9.88 Å². The van der Waals surface area contributed by atoms with Gasteiger partial charge in [0.2, 0.25) is 0 Å². The fourth-order valence-corrected chi connectivity index (χ4v) is 4.30. The molecule has 4 heteroatoms. The van der Waals surface area contributed by atoms with E-state index in [-0.39, 0.29) is 5.75 Å². The third kappa shape index (κ3) is 4.07. The molecule has 144 valence electrons. The van der Waals surface area contributed by atoms with Gasteiger partial charge in [0.25, 0.3) is 0 Å². The molecule has 1 N–H and O–H groups in total. The van der Waals surface area contributed by atoms with Gasteiger partial charge >= 0.3 is 0 Å². The summed E-state index contributed by atoms with van der Waals surface area (Å²) in [4.78, 5) is 18.1. The molecule has 1 saturated heterocycles. The molecule has 2 aromatic carbocycles. The largest absolute Gasteiger partial charge is 0.507 e. The summed E-state index contributed by atoms with van der Waals surface area (Å²) in [5, 5.41) is 11.7. The number of hydrogen-bond donors (Lipinski definition) is 1. The van der Waals surface area contributed by atoms with Crippen LogP contribution in [0.25, 0.3) is 10.8 Å². The Kier molecular flexibility index (Phi) is 5.68. The zero-order chi connectivity index (χ0) is 19.3. The van der Waals surface area contributed by atoms with Crippen molar-refractivity contribution in [2.24, 2.45) is 0 Å². The number of aromatic hydroxyl groups is 1. The minimum atomic E-state index is 0.0484. The highest BCUT2D eigenvalue weighted by molar-refractivity contribution is 6.00. The van der Waals surface area contributed by atoms with E-state index >= 15 is 0 Å². The maximum absolute atomic E-state index is 11.3. The smallest absolute Gasteiger partial charge is 0.154 e. The maximum Gasteiger partial charge on any atom is 0.154 e. The highest BCUT2D eigenvalue weighted by Gasteiger charge is 2.18. The Morgan fingerprint density at radius 3 is 2.86 bits per heavy atom. The SMILES string of the molecule is O=Cc1c(O)ccc2cc(C3CCCCN(Cc4cccnc4)CC3)ccc12. The van der Waals surface area contributed by atoms with Crippen molar-refractivity contribution in [3.8, 4) is 5.75 Å². The first-order chi connectivity index (χ1) is 13.7. The van der Waals surface area contributed by atoms with Crippen LogP contribution < -0.4 is 0 Å². The zero-order valence-electron chi connectivity index (χ0n) is 16.1. The molecule has 3 aromatic rings. The van der Waals surface area contributed by atoms with Crippen molar-refractivity contribution in [3.63, 3.8) is 0 Å². The number of hydrogen-bond acceptors (Lipinski definition) is 4. The molecule has 1 unspecified atom stereocenters. The standard InChI is InChI=1S/C24H26N2O2/c27-17-23-22-8-6-20(14-21(22)7-9-24(23)28)19-5-1-2-12-26(13-10-19)16-18-4-3-11-25-15-18/h3-4,6-9,11,14-15,17,19,28H,1-2,5,10,12-13,16H2. The van der Waals surface area contributed by atoms with Gasteiger partial charge in [-0.3, -0.25) is 14.7 Å². The molecule has 1 fully saturated rings.